The van der Waals surface area contributed by atoms with Gasteiger partial charge in [0.05, 0.1) is 11.3 Å². The second-order valence-electron chi connectivity index (χ2n) is 6.96. The number of ketones is 1. The zero-order chi connectivity index (χ0) is 19.8. The van der Waals surface area contributed by atoms with Crippen LogP contribution in [0, 0.1) is 6.92 Å². The predicted molar refractivity (Wildman–Crippen MR) is 120 cm³/mol. The molecule has 0 atom stereocenters. The number of carbonyl (C=O) groups excluding carboxylic acids is 1. The van der Waals surface area contributed by atoms with Gasteiger partial charge in [0.15, 0.2) is 5.78 Å². The van der Waals surface area contributed by atoms with Gasteiger partial charge in [-0.2, -0.15) is 0 Å². The first-order chi connectivity index (χ1) is 13.7. The van der Waals surface area contributed by atoms with Crippen LogP contribution in [-0.4, -0.2) is 5.78 Å². The highest BCUT2D eigenvalue weighted by Crippen LogP contribution is 2.30. The topological polar surface area (TPSA) is 29.1 Å². The molecular formula is C25H27NOS. The largest absolute Gasteiger partial charge is 0.380 e. The maximum Gasteiger partial charge on any atom is 0.166 e. The fraction of sp³-hybridized carbons (Fsp3) is 0.240. The molecule has 0 unspecified atom stereocenters. The number of allylic oxidation sites excluding steroid dienone is 1. The van der Waals surface area contributed by atoms with E-state index in [1.165, 1.54) is 11.1 Å². The number of nitrogens with one attached hydrogen (secondary N) is 1. The van der Waals surface area contributed by atoms with Gasteiger partial charge in [0.1, 0.15) is 0 Å². The molecule has 0 aliphatic carbocycles. The van der Waals surface area contributed by atoms with Gasteiger partial charge in [0.25, 0.3) is 0 Å². The summed E-state index contributed by atoms with van der Waals surface area (Å²) in [5, 5.41) is 5.62. The summed E-state index contributed by atoms with van der Waals surface area (Å²) >= 11 is 1.62. The smallest absolute Gasteiger partial charge is 0.166 e. The zero-order valence-electron chi connectivity index (χ0n) is 16.6. The maximum absolute atomic E-state index is 13.2. The number of benzene rings is 2. The summed E-state index contributed by atoms with van der Waals surface area (Å²) in [7, 11) is 0. The van der Waals surface area contributed by atoms with E-state index >= 15 is 0 Å². The lowest BCUT2D eigenvalue weighted by Gasteiger charge is -2.17. The first-order valence-electron chi connectivity index (χ1n) is 9.85. The Morgan fingerprint density at radius 3 is 2.36 bits per heavy atom. The lowest BCUT2D eigenvalue weighted by molar-refractivity contribution is -0.113. The van der Waals surface area contributed by atoms with E-state index in [0.717, 1.165) is 34.6 Å². The second-order valence-corrected chi connectivity index (χ2v) is 7.91. The van der Waals surface area contributed by atoms with E-state index < -0.39 is 0 Å². The average Bonchev–Trinajstić information content (AvgIpc) is 3.25. The second kappa shape index (κ2) is 10.0. The minimum Gasteiger partial charge on any atom is -0.380 e. The Kier molecular flexibility index (Phi) is 7.21. The van der Waals surface area contributed by atoms with Crippen LogP contribution in [0.4, 0.5) is 0 Å². The summed E-state index contributed by atoms with van der Waals surface area (Å²) < 4.78 is 0. The number of thiophene rings is 1. The summed E-state index contributed by atoms with van der Waals surface area (Å²) in [5.74, 6) is 0.209. The molecule has 3 heteroatoms. The van der Waals surface area contributed by atoms with Gasteiger partial charge in [-0.15, -0.1) is 11.3 Å². The molecule has 0 spiro atoms. The van der Waals surface area contributed by atoms with Crippen LogP contribution in [0.25, 0.3) is 11.3 Å². The predicted octanol–water partition coefficient (Wildman–Crippen LogP) is 6.47. The van der Waals surface area contributed by atoms with Crippen LogP contribution in [-0.2, 0) is 11.3 Å². The minimum absolute atomic E-state index is 0.209. The third kappa shape index (κ3) is 5.20. The van der Waals surface area contributed by atoms with Gasteiger partial charge >= 0.3 is 0 Å². The molecule has 2 aromatic carbocycles. The van der Waals surface area contributed by atoms with Gasteiger partial charge in [-0.3, -0.25) is 4.79 Å². The molecule has 0 aliphatic rings. The van der Waals surface area contributed by atoms with Crippen LogP contribution >= 0.6 is 11.3 Å². The molecule has 0 bridgehead atoms. The molecule has 0 aliphatic heterocycles. The van der Waals surface area contributed by atoms with E-state index in [-0.39, 0.29) is 5.78 Å². The Bertz CT molecular complexity index is 909. The van der Waals surface area contributed by atoms with Crippen molar-refractivity contribution in [1.82, 2.24) is 5.32 Å². The molecule has 2 nitrogen and oxygen atoms in total. The molecule has 0 amide bonds. The fourth-order valence-electron chi connectivity index (χ4n) is 3.12. The summed E-state index contributed by atoms with van der Waals surface area (Å²) in [5.41, 5.74) is 5.19. The number of hydrogen-bond acceptors (Lipinski definition) is 3. The van der Waals surface area contributed by atoms with Gasteiger partial charge in [-0.05, 0) is 35.9 Å². The first-order valence-corrected chi connectivity index (χ1v) is 10.7. The highest BCUT2D eigenvalue weighted by atomic mass is 32.1. The molecule has 0 radical (unpaired) electrons. The van der Waals surface area contributed by atoms with Crippen LogP contribution in [0.15, 0.2) is 72.1 Å². The number of Topliss-reactive ketones (excluding diaryl/α,β-unsaturated/α-hetero) is 1. The molecule has 0 saturated heterocycles. The van der Waals surface area contributed by atoms with E-state index in [0.29, 0.717) is 13.0 Å². The van der Waals surface area contributed by atoms with Crippen molar-refractivity contribution in [2.45, 2.75) is 39.7 Å². The molecule has 1 heterocycles. The van der Waals surface area contributed by atoms with Gasteiger partial charge in [0.2, 0.25) is 0 Å². The Hall–Kier alpha value is -2.65. The molecular weight excluding hydrogens is 362 g/mol. The van der Waals surface area contributed by atoms with Crippen molar-refractivity contribution in [1.29, 1.82) is 0 Å². The number of rotatable bonds is 9. The monoisotopic (exact) mass is 389 g/mol. The van der Waals surface area contributed by atoms with Crippen LogP contribution in [0.3, 0.4) is 0 Å². The first kappa shape index (κ1) is 20.1. The molecule has 28 heavy (non-hydrogen) atoms. The Balaban J connectivity index is 2.05. The van der Waals surface area contributed by atoms with Crippen LogP contribution in [0.2, 0.25) is 0 Å². The molecule has 0 fully saturated rings. The van der Waals surface area contributed by atoms with Gasteiger partial charge in [0, 0.05) is 17.8 Å². The molecule has 1 N–H and O–H groups in total. The lowest BCUT2D eigenvalue weighted by atomic mass is 9.97. The number of aryl methyl sites for hydroxylation is 1. The lowest BCUT2D eigenvalue weighted by Crippen LogP contribution is -2.17. The highest BCUT2D eigenvalue weighted by Gasteiger charge is 2.19. The third-order valence-corrected chi connectivity index (χ3v) is 5.59. The highest BCUT2D eigenvalue weighted by molar-refractivity contribution is 7.11. The summed E-state index contributed by atoms with van der Waals surface area (Å²) in [4.78, 5) is 14.2. The van der Waals surface area contributed by atoms with E-state index in [2.05, 4.69) is 55.6 Å². The SMILES string of the molecule is CCCCC(=O)/C(=C(/NCc1ccccc1)c1ccc(C)cc1)c1cccs1. The van der Waals surface area contributed by atoms with E-state index in [4.69, 9.17) is 0 Å². The normalized spacial score (nSPS) is 11.8. The number of unbranched alkanes of at least 4 members (excludes halogenated alkanes) is 1. The summed E-state index contributed by atoms with van der Waals surface area (Å²) in [6, 6.07) is 22.8. The van der Waals surface area contributed by atoms with E-state index in [1.54, 1.807) is 11.3 Å². The molecule has 3 aromatic rings. The Morgan fingerprint density at radius 2 is 1.71 bits per heavy atom. The molecule has 144 valence electrons. The molecule has 1 aromatic heterocycles. The summed E-state index contributed by atoms with van der Waals surface area (Å²) in [6.45, 7) is 4.88. The number of hydrogen-bond donors (Lipinski definition) is 1. The minimum atomic E-state index is 0.209. The van der Waals surface area contributed by atoms with E-state index in [1.807, 2.05) is 35.7 Å². The van der Waals surface area contributed by atoms with Crippen molar-refractivity contribution < 1.29 is 4.79 Å². The van der Waals surface area contributed by atoms with Crippen molar-refractivity contribution in [3.63, 3.8) is 0 Å². The van der Waals surface area contributed by atoms with Crippen molar-refractivity contribution in [2.75, 3.05) is 0 Å². The number of carbonyl (C=O) groups is 1. The van der Waals surface area contributed by atoms with Crippen LogP contribution < -0.4 is 5.32 Å². The Labute approximate surface area is 171 Å². The quantitative estimate of drug-likeness (QED) is 0.425. The van der Waals surface area contributed by atoms with E-state index in [9.17, 15) is 4.79 Å². The van der Waals surface area contributed by atoms with Crippen LogP contribution in [0.5, 0.6) is 0 Å². The van der Waals surface area contributed by atoms with Gasteiger partial charge in [-0.25, -0.2) is 0 Å². The van der Waals surface area contributed by atoms with Crippen molar-refractivity contribution in [2.24, 2.45) is 0 Å². The Morgan fingerprint density at radius 1 is 0.964 bits per heavy atom. The van der Waals surface area contributed by atoms with Crippen molar-refractivity contribution >= 4 is 28.4 Å². The van der Waals surface area contributed by atoms with Gasteiger partial charge < -0.3 is 5.32 Å². The van der Waals surface area contributed by atoms with Crippen LogP contribution in [0.1, 0.15) is 47.8 Å². The van der Waals surface area contributed by atoms with Gasteiger partial charge in [-0.1, -0.05) is 79.6 Å². The van der Waals surface area contributed by atoms with Crippen molar-refractivity contribution in [3.05, 3.63) is 93.7 Å². The zero-order valence-corrected chi connectivity index (χ0v) is 17.4. The third-order valence-electron chi connectivity index (χ3n) is 4.71. The summed E-state index contributed by atoms with van der Waals surface area (Å²) in [6.07, 6.45) is 2.50. The molecule has 0 saturated carbocycles. The fourth-order valence-corrected chi connectivity index (χ4v) is 3.92. The standard InChI is InChI=1S/C25H27NOS/c1-3-4-11-22(27)24(23-12-8-17-28-23)25(21-15-13-19(2)14-16-21)26-18-20-9-6-5-7-10-20/h5-10,12-17,26H,3-4,11,18H2,1-2H3/b25-24-. The molecule has 3 rings (SSSR count). The van der Waals surface area contributed by atoms with Crippen molar-refractivity contribution in [3.8, 4) is 0 Å². The maximum atomic E-state index is 13.2. The average molecular weight is 390 g/mol.